The monoisotopic (exact) mass is 238 g/mol. The van der Waals surface area contributed by atoms with Gasteiger partial charge in [-0.2, -0.15) is 0 Å². The van der Waals surface area contributed by atoms with Gasteiger partial charge in [-0.1, -0.05) is 6.07 Å². The van der Waals surface area contributed by atoms with Crippen molar-refractivity contribution in [2.24, 2.45) is 5.73 Å². The first-order valence-corrected chi connectivity index (χ1v) is 4.89. The van der Waals surface area contributed by atoms with Crippen LogP contribution in [-0.4, -0.2) is 4.98 Å². The van der Waals surface area contributed by atoms with E-state index in [1.54, 1.807) is 0 Å². The summed E-state index contributed by atoms with van der Waals surface area (Å²) in [5.41, 5.74) is 6.57. The summed E-state index contributed by atoms with van der Waals surface area (Å²) in [7, 11) is 0. The number of hydrogen-bond acceptors (Lipinski definition) is 2. The van der Waals surface area contributed by atoms with Crippen LogP contribution in [0, 0.1) is 17.5 Å². The highest BCUT2D eigenvalue weighted by Crippen LogP contribution is 2.21. The van der Waals surface area contributed by atoms with Crippen molar-refractivity contribution >= 4 is 0 Å². The third-order valence-electron chi connectivity index (χ3n) is 2.39. The quantitative estimate of drug-likeness (QED) is 0.873. The standard InChI is InChI=1S/C12H9F3N2/c13-9-3-8(5-17-6-9)12(16)7-1-2-10(14)11(15)4-7/h1-6,12H,16H2. The van der Waals surface area contributed by atoms with Gasteiger partial charge in [0.05, 0.1) is 12.2 Å². The molecule has 2 nitrogen and oxygen atoms in total. The third-order valence-corrected chi connectivity index (χ3v) is 2.39. The Morgan fingerprint density at radius 3 is 2.35 bits per heavy atom. The number of rotatable bonds is 2. The summed E-state index contributed by atoms with van der Waals surface area (Å²) in [6, 6.07) is 3.79. The smallest absolute Gasteiger partial charge is 0.159 e. The number of halogens is 3. The van der Waals surface area contributed by atoms with Gasteiger partial charge in [0.15, 0.2) is 11.6 Å². The third kappa shape index (κ3) is 2.45. The van der Waals surface area contributed by atoms with E-state index in [4.69, 9.17) is 5.73 Å². The Balaban J connectivity index is 2.36. The first kappa shape index (κ1) is 11.6. The molecule has 0 aliphatic heterocycles. The molecule has 2 aromatic rings. The van der Waals surface area contributed by atoms with Crippen LogP contribution in [0.5, 0.6) is 0 Å². The van der Waals surface area contributed by atoms with E-state index < -0.39 is 23.5 Å². The zero-order chi connectivity index (χ0) is 12.4. The molecule has 0 spiro atoms. The number of nitrogens with two attached hydrogens (primary N) is 1. The zero-order valence-corrected chi connectivity index (χ0v) is 8.70. The highest BCUT2D eigenvalue weighted by molar-refractivity contribution is 5.30. The summed E-state index contributed by atoms with van der Waals surface area (Å²) < 4.78 is 38.7. The fraction of sp³-hybridized carbons (Fsp3) is 0.0833. The highest BCUT2D eigenvalue weighted by atomic mass is 19.2. The molecule has 1 atom stereocenters. The minimum Gasteiger partial charge on any atom is -0.320 e. The van der Waals surface area contributed by atoms with E-state index in [1.807, 2.05) is 0 Å². The molecule has 0 saturated heterocycles. The first-order chi connectivity index (χ1) is 8.08. The molecular formula is C12H9F3N2. The topological polar surface area (TPSA) is 38.9 Å². The maximum Gasteiger partial charge on any atom is 0.159 e. The summed E-state index contributed by atoms with van der Waals surface area (Å²) in [6.45, 7) is 0. The minimum atomic E-state index is -0.984. The second-order valence-corrected chi connectivity index (χ2v) is 3.59. The van der Waals surface area contributed by atoms with Crippen LogP contribution in [0.15, 0.2) is 36.7 Å². The normalized spacial score (nSPS) is 12.5. The molecule has 0 fully saturated rings. The number of nitrogens with zero attached hydrogens (tertiary/aromatic N) is 1. The summed E-state index contributed by atoms with van der Waals surface area (Å²) >= 11 is 0. The van der Waals surface area contributed by atoms with Gasteiger partial charge in [0.1, 0.15) is 5.82 Å². The second-order valence-electron chi connectivity index (χ2n) is 3.59. The van der Waals surface area contributed by atoms with Crippen molar-refractivity contribution in [3.8, 4) is 0 Å². The molecule has 0 aliphatic rings. The molecule has 2 N–H and O–H groups in total. The fourth-order valence-corrected chi connectivity index (χ4v) is 1.50. The average Bonchev–Trinajstić information content (AvgIpc) is 2.32. The molecule has 0 amide bonds. The van der Waals surface area contributed by atoms with Crippen molar-refractivity contribution < 1.29 is 13.2 Å². The summed E-state index contributed by atoms with van der Waals surface area (Å²) in [4.78, 5) is 3.65. The van der Waals surface area contributed by atoms with E-state index >= 15 is 0 Å². The Morgan fingerprint density at radius 2 is 1.71 bits per heavy atom. The van der Waals surface area contributed by atoms with Crippen molar-refractivity contribution in [1.82, 2.24) is 4.98 Å². The molecule has 5 heteroatoms. The van der Waals surface area contributed by atoms with E-state index in [1.165, 1.54) is 18.3 Å². The lowest BCUT2D eigenvalue weighted by molar-refractivity contribution is 0.506. The van der Waals surface area contributed by atoms with Crippen LogP contribution in [-0.2, 0) is 0 Å². The van der Waals surface area contributed by atoms with Crippen LogP contribution < -0.4 is 5.73 Å². The Kier molecular flexibility index (Phi) is 3.10. The van der Waals surface area contributed by atoms with Crippen LogP contribution in [0.25, 0.3) is 0 Å². The maximum atomic E-state index is 13.0. The number of pyridine rings is 1. The van der Waals surface area contributed by atoms with Crippen LogP contribution in [0.3, 0.4) is 0 Å². The first-order valence-electron chi connectivity index (χ1n) is 4.89. The molecule has 0 bridgehead atoms. The van der Waals surface area contributed by atoms with E-state index in [-0.39, 0.29) is 0 Å². The van der Waals surface area contributed by atoms with Crippen molar-refractivity contribution in [1.29, 1.82) is 0 Å². The largest absolute Gasteiger partial charge is 0.320 e. The van der Waals surface area contributed by atoms with Gasteiger partial charge in [-0.3, -0.25) is 4.98 Å². The molecule has 17 heavy (non-hydrogen) atoms. The van der Waals surface area contributed by atoms with Crippen LogP contribution in [0.2, 0.25) is 0 Å². The van der Waals surface area contributed by atoms with Crippen molar-refractivity contribution in [3.63, 3.8) is 0 Å². The van der Waals surface area contributed by atoms with Gasteiger partial charge in [-0.25, -0.2) is 13.2 Å². The van der Waals surface area contributed by atoms with Crippen LogP contribution in [0.4, 0.5) is 13.2 Å². The lowest BCUT2D eigenvalue weighted by Crippen LogP contribution is -2.13. The SMILES string of the molecule is NC(c1cncc(F)c1)c1ccc(F)c(F)c1. The lowest BCUT2D eigenvalue weighted by Gasteiger charge is -2.12. The van der Waals surface area contributed by atoms with Gasteiger partial charge >= 0.3 is 0 Å². The minimum absolute atomic E-state index is 0.358. The number of aromatic nitrogens is 1. The molecule has 88 valence electrons. The van der Waals surface area contributed by atoms with E-state index in [0.29, 0.717) is 11.1 Å². The summed E-state index contributed by atoms with van der Waals surface area (Å²) in [5, 5.41) is 0. The Labute approximate surface area is 95.9 Å². The van der Waals surface area contributed by atoms with Crippen molar-refractivity contribution in [3.05, 3.63) is 65.2 Å². The Hall–Kier alpha value is -1.88. The molecule has 0 radical (unpaired) electrons. The predicted octanol–water partition coefficient (Wildman–Crippen LogP) is 2.55. The fourth-order valence-electron chi connectivity index (χ4n) is 1.50. The highest BCUT2D eigenvalue weighted by Gasteiger charge is 2.12. The second kappa shape index (κ2) is 4.55. The van der Waals surface area contributed by atoms with Crippen molar-refractivity contribution in [2.45, 2.75) is 6.04 Å². The maximum absolute atomic E-state index is 13.0. The summed E-state index contributed by atoms with van der Waals surface area (Å²) in [6.07, 6.45) is 2.43. The molecule has 0 aliphatic carbocycles. The van der Waals surface area contributed by atoms with Crippen molar-refractivity contribution in [2.75, 3.05) is 0 Å². The van der Waals surface area contributed by atoms with Gasteiger partial charge < -0.3 is 5.73 Å². The van der Waals surface area contributed by atoms with Gasteiger partial charge in [0.25, 0.3) is 0 Å². The molecule has 2 rings (SSSR count). The molecule has 1 aromatic heterocycles. The van der Waals surface area contributed by atoms with Crippen LogP contribution in [0.1, 0.15) is 17.2 Å². The van der Waals surface area contributed by atoms with E-state index in [2.05, 4.69) is 4.98 Å². The zero-order valence-electron chi connectivity index (χ0n) is 8.70. The average molecular weight is 238 g/mol. The predicted molar refractivity (Wildman–Crippen MR) is 56.6 cm³/mol. The van der Waals surface area contributed by atoms with E-state index in [0.717, 1.165) is 18.3 Å². The van der Waals surface area contributed by atoms with E-state index in [9.17, 15) is 13.2 Å². The Bertz CT molecular complexity index is 543. The number of hydrogen-bond donors (Lipinski definition) is 1. The Morgan fingerprint density at radius 1 is 0.941 bits per heavy atom. The molecule has 0 saturated carbocycles. The molecular weight excluding hydrogens is 229 g/mol. The van der Waals surface area contributed by atoms with Gasteiger partial charge in [-0.05, 0) is 29.3 Å². The molecule has 1 heterocycles. The van der Waals surface area contributed by atoms with Gasteiger partial charge in [0.2, 0.25) is 0 Å². The summed E-state index contributed by atoms with van der Waals surface area (Å²) in [5.74, 6) is -2.46. The molecule has 1 unspecified atom stereocenters. The van der Waals surface area contributed by atoms with Gasteiger partial charge in [0, 0.05) is 6.20 Å². The molecule has 1 aromatic carbocycles. The van der Waals surface area contributed by atoms with Gasteiger partial charge in [-0.15, -0.1) is 0 Å². The number of benzene rings is 1. The lowest BCUT2D eigenvalue weighted by atomic mass is 10.0. The van der Waals surface area contributed by atoms with Crippen LogP contribution >= 0.6 is 0 Å².